The predicted molar refractivity (Wildman–Crippen MR) is 37.7 cm³/mol. The summed E-state index contributed by atoms with van der Waals surface area (Å²) < 4.78 is 23.8. The molecule has 0 spiro atoms. The molecule has 1 aliphatic heterocycles. The van der Waals surface area contributed by atoms with E-state index in [1.165, 1.54) is 0 Å². The van der Waals surface area contributed by atoms with Crippen LogP contribution in [0.5, 0.6) is 0 Å². The highest BCUT2D eigenvalue weighted by atomic mass is 19.3. The Hall–Kier alpha value is -0.220. The van der Waals surface area contributed by atoms with E-state index < -0.39 is 18.6 Å². The molecule has 0 aromatic heterocycles. The van der Waals surface area contributed by atoms with Crippen molar-refractivity contribution in [2.75, 3.05) is 6.54 Å². The lowest BCUT2D eigenvalue weighted by Gasteiger charge is -2.27. The Balaban J connectivity index is 2.32. The number of hydrogen-bond acceptors (Lipinski definition) is 2. The first-order valence-electron chi connectivity index (χ1n) is 3.91. The van der Waals surface area contributed by atoms with Gasteiger partial charge in [-0.3, -0.25) is 0 Å². The van der Waals surface area contributed by atoms with Gasteiger partial charge in [-0.25, -0.2) is 8.78 Å². The molecule has 66 valence electrons. The summed E-state index contributed by atoms with van der Waals surface area (Å²) in [5.41, 5.74) is 0. The van der Waals surface area contributed by atoms with Gasteiger partial charge in [-0.2, -0.15) is 0 Å². The largest absolute Gasteiger partial charge is 0.386 e. The minimum atomic E-state index is -2.62. The van der Waals surface area contributed by atoms with Crippen molar-refractivity contribution in [3.63, 3.8) is 0 Å². The number of nitrogens with one attached hydrogen (secondary N) is 1. The number of aliphatic hydroxyl groups excluding tert-OH is 1. The lowest BCUT2D eigenvalue weighted by molar-refractivity contribution is -0.0306. The van der Waals surface area contributed by atoms with Gasteiger partial charge in [-0.1, -0.05) is 6.42 Å². The molecule has 2 N–H and O–H groups in total. The molecular formula is C7H13F2NO. The monoisotopic (exact) mass is 165 g/mol. The van der Waals surface area contributed by atoms with E-state index in [-0.39, 0.29) is 0 Å². The number of alkyl halides is 2. The normalized spacial score (nSPS) is 28.9. The highest BCUT2D eigenvalue weighted by molar-refractivity contribution is 4.80. The van der Waals surface area contributed by atoms with Crippen LogP contribution in [0, 0.1) is 0 Å². The average Bonchev–Trinajstić information content (AvgIpc) is 2.05. The van der Waals surface area contributed by atoms with Crippen molar-refractivity contribution in [2.24, 2.45) is 0 Å². The van der Waals surface area contributed by atoms with Crippen LogP contribution in [0.1, 0.15) is 19.3 Å². The molecule has 2 unspecified atom stereocenters. The van der Waals surface area contributed by atoms with Gasteiger partial charge in [-0.15, -0.1) is 0 Å². The SMILES string of the molecule is OC(C(F)F)C1CCCCN1. The highest BCUT2D eigenvalue weighted by Gasteiger charge is 2.28. The van der Waals surface area contributed by atoms with Crippen molar-refractivity contribution in [3.8, 4) is 0 Å². The fourth-order valence-electron chi connectivity index (χ4n) is 1.35. The summed E-state index contributed by atoms with van der Waals surface area (Å²) in [6.07, 6.45) is -1.50. The van der Waals surface area contributed by atoms with E-state index in [0.29, 0.717) is 6.42 Å². The van der Waals surface area contributed by atoms with Gasteiger partial charge in [0.25, 0.3) is 6.43 Å². The number of hydrogen-bond donors (Lipinski definition) is 2. The Kier molecular flexibility index (Phi) is 3.20. The van der Waals surface area contributed by atoms with Crippen molar-refractivity contribution in [1.29, 1.82) is 0 Å². The summed E-state index contributed by atoms with van der Waals surface area (Å²) in [7, 11) is 0. The fraction of sp³-hybridized carbons (Fsp3) is 1.00. The van der Waals surface area contributed by atoms with Crippen LogP contribution >= 0.6 is 0 Å². The van der Waals surface area contributed by atoms with E-state index in [2.05, 4.69) is 5.32 Å². The van der Waals surface area contributed by atoms with Crippen LogP contribution in [0.15, 0.2) is 0 Å². The van der Waals surface area contributed by atoms with Crippen LogP contribution in [0.4, 0.5) is 8.78 Å². The third-order valence-corrected chi connectivity index (χ3v) is 2.02. The van der Waals surface area contributed by atoms with Gasteiger partial charge in [0, 0.05) is 6.04 Å². The zero-order valence-corrected chi connectivity index (χ0v) is 6.26. The van der Waals surface area contributed by atoms with Gasteiger partial charge < -0.3 is 10.4 Å². The number of halogens is 2. The van der Waals surface area contributed by atoms with Gasteiger partial charge in [0.2, 0.25) is 0 Å². The molecule has 2 atom stereocenters. The van der Waals surface area contributed by atoms with E-state index >= 15 is 0 Å². The molecule has 0 aromatic carbocycles. The molecule has 1 rings (SSSR count). The molecule has 0 saturated carbocycles. The number of piperidine rings is 1. The van der Waals surface area contributed by atoms with Gasteiger partial charge in [0.05, 0.1) is 0 Å². The first kappa shape index (κ1) is 8.87. The van der Waals surface area contributed by atoms with Crippen molar-refractivity contribution in [2.45, 2.75) is 37.8 Å². The smallest absolute Gasteiger partial charge is 0.265 e. The zero-order chi connectivity index (χ0) is 8.27. The Morgan fingerprint density at radius 1 is 1.36 bits per heavy atom. The van der Waals surface area contributed by atoms with E-state index in [4.69, 9.17) is 5.11 Å². The molecule has 0 amide bonds. The van der Waals surface area contributed by atoms with Gasteiger partial charge in [0.1, 0.15) is 6.10 Å². The second kappa shape index (κ2) is 3.97. The van der Waals surface area contributed by atoms with Crippen molar-refractivity contribution in [1.82, 2.24) is 5.32 Å². The van der Waals surface area contributed by atoms with Crippen LogP contribution in [0.3, 0.4) is 0 Å². The average molecular weight is 165 g/mol. The Morgan fingerprint density at radius 3 is 2.55 bits per heavy atom. The Bertz CT molecular complexity index is 115. The summed E-state index contributed by atoms with van der Waals surface area (Å²) in [6, 6.07) is -0.399. The minimum Gasteiger partial charge on any atom is -0.386 e. The maximum absolute atomic E-state index is 11.9. The molecule has 0 aliphatic carbocycles. The molecule has 1 saturated heterocycles. The maximum atomic E-state index is 11.9. The first-order valence-corrected chi connectivity index (χ1v) is 3.91. The summed E-state index contributed by atoms with van der Waals surface area (Å²) in [6.45, 7) is 0.744. The number of rotatable bonds is 2. The van der Waals surface area contributed by atoms with E-state index in [1.807, 2.05) is 0 Å². The summed E-state index contributed by atoms with van der Waals surface area (Å²) in [4.78, 5) is 0. The lowest BCUT2D eigenvalue weighted by Crippen LogP contribution is -2.46. The quantitative estimate of drug-likeness (QED) is 0.633. The van der Waals surface area contributed by atoms with Crippen LogP contribution in [-0.4, -0.2) is 30.2 Å². The third kappa shape index (κ3) is 2.38. The summed E-state index contributed by atoms with van der Waals surface area (Å²) >= 11 is 0. The molecule has 4 heteroatoms. The molecule has 0 bridgehead atoms. The standard InChI is InChI=1S/C7H13F2NO/c8-7(9)6(11)5-3-1-2-4-10-5/h5-7,10-11H,1-4H2. The van der Waals surface area contributed by atoms with Crippen LogP contribution in [0.2, 0.25) is 0 Å². The molecule has 11 heavy (non-hydrogen) atoms. The van der Waals surface area contributed by atoms with Crippen molar-refractivity contribution in [3.05, 3.63) is 0 Å². The molecule has 1 heterocycles. The lowest BCUT2D eigenvalue weighted by atomic mass is 10.0. The van der Waals surface area contributed by atoms with E-state index in [9.17, 15) is 8.78 Å². The molecule has 0 aromatic rings. The van der Waals surface area contributed by atoms with Crippen molar-refractivity contribution >= 4 is 0 Å². The Morgan fingerprint density at radius 2 is 2.09 bits per heavy atom. The molecule has 2 nitrogen and oxygen atoms in total. The minimum absolute atomic E-state index is 0.399. The number of aliphatic hydroxyl groups is 1. The van der Waals surface area contributed by atoms with Crippen LogP contribution in [-0.2, 0) is 0 Å². The third-order valence-electron chi connectivity index (χ3n) is 2.02. The zero-order valence-electron chi connectivity index (χ0n) is 6.26. The maximum Gasteiger partial charge on any atom is 0.265 e. The van der Waals surface area contributed by atoms with Crippen LogP contribution in [0.25, 0.3) is 0 Å². The summed E-state index contributed by atoms with van der Waals surface area (Å²) in [5, 5.41) is 11.8. The highest BCUT2D eigenvalue weighted by Crippen LogP contribution is 2.14. The fourth-order valence-corrected chi connectivity index (χ4v) is 1.35. The second-order valence-corrected chi connectivity index (χ2v) is 2.88. The topological polar surface area (TPSA) is 32.3 Å². The Labute approximate surface area is 64.6 Å². The molecule has 1 aliphatic rings. The van der Waals surface area contributed by atoms with E-state index in [0.717, 1.165) is 19.4 Å². The van der Waals surface area contributed by atoms with Crippen molar-refractivity contribution < 1.29 is 13.9 Å². The van der Waals surface area contributed by atoms with Gasteiger partial charge >= 0.3 is 0 Å². The predicted octanol–water partition coefficient (Wildman–Crippen LogP) is 0.754. The molecular weight excluding hydrogens is 152 g/mol. The van der Waals surface area contributed by atoms with Crippen LogP contribution < -0.4 is 5.32 Å². The van der Waals surface area contributed by atoms with Gasteiger partial charge in [-0.05, 0) is 19.4 Å². The van der Waals surface area contributed by atoms with E-state index in [1.54, 1.807) is 0 Å². The van der Waals surface area contributed by atoms with Gasteiger partial charge in [0.15, 0.2) is 0 Å². The summed E-state index contributed by atoms with van der Waals surface area (Å²) in [5.74, 6) is 0. The molecule has 1 fully saturated rings. The second-order valence-electron chi connectivity index (χ2n) is 2.88. The first-order chi connectivity index (χ1) is 5.22. The molecule has 0 radical (unpaired) electrons.